The van der Waals surface area contributed by atoms with Crippen LogP contribution in [-0.2, 0) is 26.2 Å². The number of amides is 2. The first-order valence-electron chi connectivity index (χ1n) is 10.8. The van der Waals surface area contributed by atoms with E-state index in [1.807, 2.05) is 0 Å². The van der Waals surface area contributed by atoms with Crippen LogP contribution in [-0.4, -0.2) is 44.8 Å². The molecule has 2 amide bonds. The van der Waals surface area contributed by atoms with Crippen molar-refractivity contribution in [2.24, 2.45) is 0 Å². The second kappa shape index (κ2) is 12.0. The Labute approximate surface area is 225 Å². The molecule has 3 aromatic rings. The highest BCUT2D eigenvalue weighted by Gasteiger charge is 2.33. The van der Waals surface area contributed by atoms with Crippen LogP contribution >= 0.6 is 34.8 Å². The molecular formula is C25H24Cl3N3O4S. The monoisotopic (exact) mass is 567 g/mol. The highest BCUT2D eigenvalue weighted by atomic mass is 35.5. The summed E-state index contributed by atoms with van der Waals surface area (Å²) in [6.07, 6.45) is 0. The number of anilines is 1. The van der Waals surface area contributed by atoms with Crippen molar-refractivity contribution < 1.29 is 18.0 Å². The van der Waals surface area contributed by atoms with Gasteiger partial charge in [-0.1, -0.05) is 71.2 Å². The molecule has 0 aliphatic heterocycles. The molecule has 0 saturated carbocycles. The number of para-hydroxylation sites is 1. The third-order valence-corrected chi connectivity index (χ3v) is 8.31. The number of rotatable bonds is 9. The largest absolute Gasteiger partial charge is 0.357 e. The fraction of sp³-hybridized carbons (Fsp3) is 0.200. The van der Waals surface area contributed by atoms with Crippen LogP contribution in [0.5, 0.6) is 0 Å². The number of carbonyl (C=O) groups excluding carboxylic acids is 2. The van der Waals surface area contributed by atoms with Crippen molar-refractivity contribution in [3.8, 4) is 0 Å². The molecule has 0 unspecified atom stereocenters. The second-order valence-electron chi connectivity index (χ2n) is 7.84. The van der Waals surface area contributed by atoms with Gasteiger partial charge in [0, 0.05) is 13.6 Å². The molecule has 0 saturated heterocycles. The van der Waals surface area contributed by atoms with E-state index < -0.39 is 34.4 Å². The number of nitrogens with zero attached hydrogens (tertiary/aromatic N) is 2. The van der Waals surface area contributed by atoms with Gasteiger partial charge in [0.2, 0.25) is 11.8 Å². The van der Waals surface area contributed by atoms with Crippen LogP contribution in [0, 0.1) is 0 Å². The minimum absolute atomic E-state index is 0.00639. The summed E-state index contributed by atoms with van der Waals surface area (Å²) >= 11 is 18.5. The highest BCUT2D eigenvalue weighted by molar-refractivity contribution is 7.92. The van der Waals surface area contributed by atoms with Gasteiger partial charge in [0.15, 0.2) is 0 Å². The predicted molar refractivity (Wildman–Crippen MR) is 143 cm³/mol. The topological polar surface area (TPSA) is 86.8 Å². The average Bonchev–Trinajstić information content (AvgIpc) is 2.87. The van der Waals surface area contributed by atoms with Crippen molar-refractivity contribution in [1.82, 2.24) is 10.2 Å². The van der Waals surface area contributed by atoms with Gasteiger partial charge >= 0.3 is 0 Å². The summed E-state index contributed by atoms with van der Waals surface area (Å²) in [4.78, 5) is 27.4. The van der Waals surface area contributed by atoms with Crippen LogP contribution in [0.3, 0.4) is 0 Å². The van der Waals surface area contributed by atoms with Crippen molar-refractivity contribution in [3.63, 3.8) is 0 Å². The van der Waals surface area contributed by atoms with E-state index in [0.717, 1.165) is 4.31 Å². The van der Waals surface area contributed by atoms with E-state index in [0.29, 0.717) is 15.6 Å². The summed E-state index contributed by atoms with van der Waals surface area (Å²) in [6, 6.07) is 18.0. The molecular weight excluding hydrogens is 545 g/mol. The number of halogens is 3. The molecule has 3 aromatic carbocycles. The van der Waals surface area contributed by atoms with Crippen molar-refractivity contribution in [1.29, 1.82) is 0 Å². The molecule has 0 bridgehead atoms. The van der Waals surface area contributed by atoms with E-state index in [1.165, 1.54) is 36.2 Å². The van der Waals surface area contributed by atoms with Gasteiger partial charge in [-0.3, -0.25) is 13.9 Å². The smallest absolute Gasteiger partial charge is 0.264 e. The Kier molecular flexibility index (Phi) is 9.24. The van der Waals surface area contributed by atoms with Crippen LogP contribution in [0.2, 0.25) is 15.1 Å². The third-order valence-electron chi connectivity index (χ3n) is 5.48. The van der Waals surface area contributed by atoms with E-state index in [1.54, 1.807) is 55.5 Å². The van der Waals surface area contributed by atoms with Gasteiger partial charge in [-0.05, 0) is 48.9 Å². The summed E-state index contributed by atoms with van der Waals surface area (Å²) in [5, 5.41) is 3.31. The number of likely N-dealkylation sites (N-methyl/N-ethyl adjacent to an activating group) is 1. The van der Waals surface area contributed by atoms with Gasteiger partial charge in [-0.15, -0.1) is 0 Å². The summed E-state index contributed by atoms with van der Waals surface area (Å²) < 4.78 is 28.2. The number of hydrogen-bond acceptors (Lipinski definition) is 4. The molecule has 7 nitrogen and oxygen atoms in total. The van der Waals surface area contributed by atoms with E-state index in [2.05, 4.69) is 5.32 Å². The van der Waals surface area contributed by atoms with Crippen LogP contribution in [0.1, 0.15) is 12.5 Å². The van der Waals surface area contributed by atoms with Crippen molar-refractivity contribution in [3.05, 3.63) is 93.4 Å². The van der Waals surface area contributed by atoms with Crippen LogP contribution in [0.4, 0.5) is 5.69 Å². The highest BCUT2D eigenvalue weighted by Crippen LogP contribution is 2.31. The predicted octanol–water partition coefficient (Wildman–Crippen LogP) is 5.01. The molecule has 11 heteroatoms. The Morgan fingerprint density at radius 3 is 2.14 bits per heavy atom. The van der Waals surface area contributed by atoms with Crippen LogP contribution < -0.4 is 9.62 Å². The molecule has 0 aliphatic rings. The molecule has 36 heavy (non-hydrogen) atoms. The first kappa shape index (κ1) is 27.8. The number of hydrogen-bond donors (Lipinski definition) is 1. The maximum absolute atomic E-state index is 13.7. The van der Waals surface area contributed by atoms with Crippen LogP contribution in [0.15, 0.2) is 77.7 Å². The summed E-state index contributed by atoms with van der Waals surface area (Å²) in [5.41, 5.74) is 0.752. The van der Waals surface area contributed by atoms with Gasteiger partial charge < -0.3 is 10.2 Å². The molecule has 1 N–H and O–H groups in total. The fourth-order valence-electron chi connectivity index (χ4n) is 3.51. The summed E-state index contributed by atoms with van der Waals surface area (Å²) in [6.45, 7) is 0.954. The molecule has 0 aliphatic carbocycles. The molecule has 0 spiro atoms. The minimum Gasteiger partial charge on any atom is -0.357 e. The normalized spacial score (nSPS) is 12.0. The van der Waals surface area contributed by atoms with Gasteiger partial charge in [-0.2, -0.15) is 0 Å². The number of benzene rings is 3. The number of nitrogens with one attached hydrogen (secondary N) is 1. The van der Waals surface area contributed by atoms with Crippen molar-refractivity contribution >= 4 is 62.3 Å². The zero-order valence-corrected chi connectivity index (χ0v) is 22.6. The third kappa shape index (κ3) is 6.31. The van der Waals surface area contributed by atoms with Gasteiger partial charge in [0.05, 0.1) is 25.7 Å². The fourth-order valence-corrected chi connectivity index (χ4v) is 5.58. The summed E-state index contributed by atoms with van der Waals surface area (Å²) in [7, 11) is -2.72. The van der Waals surface area contributed by atoms with Crippen molar-refractivity contribution in [2.45, 2.75) is 24.4 Å². The second-order valence-corrected chi connectivity index (χ2v) is 10.9. The van der Waals surface area contributed by atoms with E-state index in [4.69, 9.17) is 34.8 Å². The Balaban J connectivity index is 2.04. The SMILES string of the molecule is CNC(=O)[C@@H](C)N(Cc1ccc(Cl)c(Cl)c1)C(=O)CN(c1ccccc1Cl)S(=O)(=O)c1ccccc1. The van der Waals surface area contributed by atoms with Gasteiger partial charge in [0.1, 0.15) is 12.6 Å². The van der Waals surface area contributed by atoms with Gasteiger partial charge in [0.25, 0.3) is 10.0 Å². The lowest BCUT2D eigenvalue weighted by Gasteiger charge is -2.32. The number of sulfonamides is 1. The Hall–Kier alpha value is -2.78. The standard InChI is InChI=1S/C25H24Cl3N3O4S/c1-17(25(33)29-2)30(15-18-12-13-20(26)22(28)14-18)24(32)16-31(23-11-7-6-10-21(23)27)36(34,35)19-8-4-3-5-9-19/h3-14,17H,15-16H2,1-2H3,(H,29,33)/t17-/m1/s1. The molecule has 1 atom stereocenters. The molecule has 3 rings (SSSR count). The first-order valence-corrected chi connectivity index (χ1v) is 13.4. The van der Waals surface area contributed by atoms with Gasteiger partial charge in [-0.25, -0.2) is 8.42 Å². The van der Waals surface area contributed by atoms with Crippen molar-refractivity contribution in [2.75, 3.05) is 17.9 Å². The Bertz CT molecular complexity index is 1350. The first-order chi connectivity index (χ1) is 17.1. The minimum atomic E-state index is -4.18. The lowest BCUT2D eigenvalue weighted by Crippen LogP contribution is -2.50. The summed E-state index contributed by atoms with van der Waals surface area (Å²) in [5.74, 6) is -1.03. The maximum Gasteiger partial charge on any atom is 0.264 e. The quantitative estimate of drug-likeness (QED) is 0.393. The molecule has 190 valence electrons. The molecule has 0 radical (unpaired) electrons. The number of carbonyl (C=O) groups is 2. The lowest BCUT2D eigenvalue weighted by molar-refractivity contribution is -0.139. The average molecular weight is 569 g/mol. The molecule has 0 fully saturated rings. The van der Waals surface area contributed by atoms with Crippen LogP contribution in [0.25, 0.3) is 0 Å². The zero-order chi connectivity index (χ0) is 26.5. The Morgan fingerprint density at radius 2 is 1.53 bits per heavy atom. The van der Waals surface area contributed by atoms with E-state index in [-0.39, 0.29) is 22.2 Å². The lowest BCUT2D eigenvalue weighted by atomic mass is 10.1. The molecule has 0 aromatic heterocycles. The maximum atomic E-state index is 13.7. The molecule has 0 heterocycles. The van der Waals surface area contributed by atoms with E-state index in [9.17, 15) is 18.0 Å². The zero-order valence-electron chi connectivity index (χ0n) is 19.5. The Morgan fingerprint density at radius 1 is 0.889 bits per heavy atom. The van der Waals surface area contributed by atoms with E-state index >= 15 is 0 Å².